The molecule has 0 aliphatic carbocycles. The van der Waals surface area contributed by atoms with Crippen molar-refractivity contribution in [1.82, 2.24) is 15.2 Å². The van der Waals surface area contributed by atoms with Crippen LogP contribution in [0.4, 0.5) is 5.82 Å². The summed E-state index contributed by atoms with van der Waals surface area (Å²) in [5, 5.41) is 9.91. The van der Waals surface area contributed by atoms with E-state index in [-0.39, 0.29) is 5.91 Å². The zero-order chi connectivity index (χ0) is 19.2. The molecule has 0 fully saturated rings. The molecule has 2 heterocycles. The zero-order valence-electron chi connectivity index (χ0n) is 15.0. The first-order chi connectivity index (χ1) is 13.8. The monoisotopic (exact) mass is 370 g/mol. The quantitative estimate of drug-likeness (QED) is 0.530. The number of anilines is 1. The highest BCUT2D eigenvalue weighted by molar-refractivity contribution is 6.05. The van der Waals surface area contributed by atoms with Crippen molar-refractivity contribution in [3.63, 3.8) is 0 Å². The number of nitrogens with one attached hydrogen (secondary N) is 2. The standard InChI is InChI=1S/C22H18N4O2/c27-22(24-21-13-20(25-26-21)16-8-6-12-23-14-16)19-11-5-4-7-17(19)15-28-18-9-2-1-3-10-18/h1-14H,15H2,(H2,24,25,26,27). The number of amides is 1. The molecule has 0 saturated carbocycles. The van der Waals surface area contributed by atoms with Crippen molar-refractivity contribution >= 4 is 11.7 Å². The molecule has 0 spiro atoms. The molecule has 0 radical (unpaired) electrons. The third kappa shape index (κ3) is 4.07. The molecular formula is C22H18N4O2. The average Bonchev–Trinajstić information content (AvgIpc) is 3.22. The maximum Gasteiger partial charge on any atom is 0.257 e. The van der Waals surface area contributed by atoms with Gasteiger partial charge in [0.05, 0.1) is 5.69 Å². The molecule has 0 unspecified atom stereocenters. The Morgan fingerprint density at radius 2 is 1.82 bits per heavy atom. The van der Waals surface area contributed by atoms with Crippen molar-refractivity contribution in [1.29, 1.82) is 0 Å². The predicted molar refractivity (Wildman–Crippen MR) is 107 cm³/mol. The number of hydrogen-bond acceptors (Lipinski definition) is 4. The number of benzene rings is 2. The Morgan fingerprint density at radius 3 is 2.64 bits per heavy atom. The van der Waals surface area contributed by atoms with E-state index >= 15 is 0 Å². The lowest BCUT2D eigenvalue weighted by Crippen LogP contribution is -2.15. The van der Waals surface area contributed by atoms with Crippen LogP contribution in [0, 0.1) is 0 Å². The molecule has 0 aliphatic heterocycles. The van der Waals surface area contributed by atoms with E-state index in [1.54, 1.807) is 24.5 Å². The molecule has 2 aromatic heterocycles. The number of carbonyl (C=O) groups excluding carboxylic acids is 1. The zero-order valence-corrected chi connectivity index (χ0v) is 15.0. The fraction of sp³-hybridized carbons (Fsp3) is 0.0455. The lowest BCUT2D eigenvalue weighted by Gasteiger charge is -2.10. The molecule has 4 aromatic rings. The third-order valence-electron chi connectivity index (χ3n) is 4.19. The number of pyridine rings is 1. The van der Waals surface area contributed by atoms with Gasteiger partial charge in [-0.3, -0.25) is 14.9 Å². The van der Waals surface area contributed by atoms with Crippen LogP contribution in [0.3, 0.4) is 0 Å². The van der Waals surface area contributed by atoms with Gasteiger partial charge in [0, 0.05) is 35.2 Å². The SMILES string of the molecule is O=C(Nc1cc(-c2cccnc2)[nH]n1)c1ccccc1COc1ccccc1. The van der Waals surface area contributed by atoms with Gasteiger partial charge in [-0.05, 0) is 30.3 Å². The van der Waals surface area contributed by atoms with E-state index in [1.807, 2.05) is 60.7 Å². The number of para-hydroxylation sites is 1. The van der Waals surface area contributed by atoms with Gasteiger partial charge in [0.1, 0.15) is 12.4 Å². The molecule has 2 N–H and O–H groups in total. The Labute approximate surface area is 162 Å². The van der Waals surface area contributed by atoms with Gasteiger partial charge >= 0.3 is 0 Å². The van der Waals surface area contributed by atoms with E-state index in [2.05, 4.69) is 20.5 Å². The number of nitrogens with zero attached hydrogens (tertiary/aromatic N) is 2. The second-order valence-electron chi connectivity index (χ2n) is 6.12. The highest BCUT2D eigenvalue weighted by Gasteiger charge is 2.13. The topological polar surface area (TPSA) is 79.9 Å². The van der Waals surface area contributed by atoms with Gasteiger partial charge in [0.15, 0.2) is 5.82 Å². The Morgan fingerprint density at radius 1 is 1.00 bits per heavy atom. The largest absolute Gasteiger partial charge is 0.489 e. The molecule has 6 nitrogen and oxygen atoms in total. The van der Waals surface area contributed by atoms with Crippen molar-refractivity contribution in [2.45, 2.75) is 6.61 Å². The van der Waals surface area contributed by atoms with Crippen LogP contribution in [0.25, 0.3) is 11.3 Å². The number of carbonyl (C=O) groups is 1. The van der Waals surface area contributed by atoms with Gasteiger partial charge in [-0.25, -0.2) is 0 Å². The van der Waals surface area contributed by atoms with E-state index in [9.17, 15) is 4.79 Å². The molecule has 0 atom stereocenters. The number of H-pyrrole nitrogens is 1. The first kappa shape index (κ1) is 17.5. The van der Waals surface area contributed by atoms with Crippen LogP contribution in [-0.2, 0) is 6.61 Å². The molecule has 2 aromatic carbocycles. The fourth-order valence-corrected chi connectivity index (χ4v) is 2.78. The van der Waals surface area contributed by atoms with Crippen LogP contribution in [0.1, 0.15) is 15.9 Å². The summed E-state index contributed by atoms with van der Waals surface area (Å²) in [5.41, 5.74) is 3.02. The number of aromatic amines is 1. The summed E-state index contributed by atoms with van der Waals surface area (Å²) in [4.78, 5) is 16.8. The molecule has 4 rings (SSSR count). The number of ether oxygens (including phenoxy) is 1. The summed E-state index contributed by atoms with van der Waals surface area (Å²) in [6, 6.07) is 22.4. The molecule has 0 aliphatic rings. The summed E-state index contributed by atoms with van der Waals surface area (Å²) in [5.74, 6) is 0.963. The van der Waals surface area contributed by atoms with Crippen molar-refractivity contribution in [2.24, 2.45) is 0 Å². The molecule has 138 valence electrons. The summed E-state index contributed by atoms with van der Waals surface area (Å²) >= 11 is 0. The van der Waals surface area contributed by atoms with E-state index in [1.165, 1.54) is 0 Å². The second kappa shape index (κ2) is 8.18. The molecule has 0 saturated heterocycles. The number of rotatable bonds is 6. The molecule has 6 heteroatoms. The molecule has 28 heavy (non-hydrogen) atoms. The fourth-order valence-electron chi connectivity index (χ4n) is 2.78. The lowest BCUT2D eigenvalue weighted by molar-refractivity contribution is 0.102. The average molecular weight is 370 g/mol. The van der Waals surface area contributed by atoms with Gasteiger partial charge in [-0.1, -0.05) is 36.4 Å². The first-order valence-electron chi connectivity index (χ1n) is 8.82. The van der Waals surface area contributed by atoms with Gasteiger partial charge in [0.25, 0.3) is 5.91 Å². The smallest absolute Gasteiger partial charge is 0.257 e. The minimum Gasteiger partial charge on any atom is -0.489 e. The van der Waals surface area contributed by atoms with Crippen LogP contribution in [-0.4, -0.2) is 21.1 Å². The summed E-state index contributed by atoms with van der Waals surface area (Å²) in [6.07, 6.45) is 3.44. The molecule has 1 amide bonds. The van der Waals surface area contributed by atoms with E-state index < -0.39 is 0 Å². The highest BCUT2D eigenvalue weighted by atomic mass is 16.5. The summed E-state index contributed by atoms with van der Waals surface area (Å²) in [6.45, 7) is 0.301. The van der Waals surface area contributed by atoms with Crippen LogP contribution in [0.2, 0.25) is 0 Å². The second-order valence-corrected chi connectivity index (χ2v) is 6.12. The van der Waals surface area contributed by atoms with Crippen molar-refractivity contribution in [2.75, 3.05) is 5.32 Å². The highest BCUT2D eigenvalue weighted by Crippen LogP contribution is 2.20. The van der Waals surface area contributed by atoms with Crippen molar-refractivity contribution in [3.05, 3.63) is 96.3 Å². The minimum absolute atomic E-state index is 0.239. The van der Waals surface area contributed by atoms with Gasteiger partial charge < -0.3 is 10.1 Å². The normalized spacial score (nSPS) is 10.4. The van der Waals surface area contributed by atoms with Crippen LogP contribution < -0.4 is 10.1 Å². The van der Waals surface area contributed by atoms with Gasteiger partial charge in [-0.2, -0.15) is 5.10 Å². The van der Waals surface area contributed by atoms with E-state index in [0.29, 0.717) is 18.0 Å². The number of aromatic nitrogens is 3. The third-order valence-corrected chi connectivity index (χ3v) is 4.19. The van der Waals surface area contributed by atoms with Crippen molar-refractivity contribution < 1.29 is 9.53 Å². The van der Waals surface area contributed by atoms with Crippen LogP contribution >= 0.6 is 0 Å². The van der Waals surface area contributed by atoms with Crippen LogP contribution in [0.15, 0.2) is 85.2 Å². The Hall–Kier alpha value is -3.93. The Kier molecular flexibility index (Phi) is 5.11. The van der Waals surface area contributed by atoms with Crippen molar-refractivity contribution in [3.8, 4) is 17.0 Å². The van der Waals surface area contributed by atoms with E-state index in [4.69, 9.17) is 4.74 Å². The Balaban J connectivity index is 1.47. The minimum atomic E-state index is -0.239. The summed E-state index contributed by atoms with van der Waals surface area (Å²) < 4.78 is 5.79. The summed E-state index contributed by atoms with van der Waals surface area (Å²) in [7, 11) is 0. The first-order valence-corrected chi connectivity index (χ1v) is 8.82. The Bertz CT molecular complexity index is 1060. The van der Waals surface area contributed by atoms with E-state index in [0.717, 1.165) is 22.6 Å². The predicted octanol–water partition coefficient (Wildman–Crippen LogP) is 4.30. The van der Waals surface area contributed by atoms with Crippen LogP contribution in [0.5, 0.6) is 5.75 Å². The lowest BCUT2D eigenvalue weighted by atomic mass is 10.1. The van der Waals surface area contributed by atoms with Gasteiger partial charge in [-0.15, -0.1) is 0 Å². The number of hydrogen-bond donors (Lipinski definition) is 2. The molecule has 0 bridgehead atoms. The van der Waals surface area contributed by atoms with Gasteiger partial charge in [0.2, 0.25) is 0 Å². The maximum atomic E-state index is 12.8. The maximum absolute atomic E-state index is 12.8. The molecular weight excluding hydrogens is 352 g/mol.